The van der Waals surface area contributed by atoms with Crippen LogP contribution in [0, 0.1) is 0 Å². The first kappa shape index (κ1) is 25.5. The van der Waals surface area contributed by atoms with Gasteiger partial charge in [-0.2, -0.15) is 0 Å². The monoisotopic (exact) mass is 515 g/mol. The van der Waals surface area contributed by atoms with Gasteiger partial charge in [-0.3, -0.25) is 14.8 Å². The van der Waals surface area contributed by atoms with Crippen molar-refractivity contribution in [2.45, 2.75) is 25.0 Å². The summed E-state index contributed by atoms with van der Waals surface area (Å²) in [6.07, 6.45) is 3.51. The van der Waals surface area contributed by atoms with E-state index in [2.05, 4.69) is 25.6 Å². The van der Waals surface area contributed by atoms with Crippen LogP contribution in [0.15, 0.2) is 48.2 Å². The topological polar surface area (TPSA) is 160 Å². The second-order valence-corrected chi connectivity index (χ2v) is 10.6. The van der Waals surface area contributed by atoms with Crippen molar-refractivity contribution in [2.75, 3.05) is 35.5 Å². The number of amides is 3. The lowest BCUT2D eigenvalue weighted by atomic mass is 10.0. The van der Waals surface area contributed by atoms with E-state index in [9.17, 15) is 28.2 Å². The number of aromatic hydroxyl groups is 1. The number of carbonyl (C=O) groups excluding carboxylic acids is 2. The van der Waals surface area contributed by atoms with Gasteiger partial charge < -0.3 is 25.7 Å². The molecule has 0 spiro atoms. The average Bonchev–Trinajstić information content (AvgIpc) is 3.15. The van der Waals surface area contributed by atoms with Gasteiger partial charge in [0.25, 0.3) is 5.91 Å². The van der Waals surface area contributed by atoms with Gasteiger partial charge in [-0.15, -0.1) is 0 Å². The summed E-state index contributed by atoms with van der Waals surface area (Å²) in [6, 6.07) is 11.8. The predicted octanol–water partition coefficient (Wildman–Crippen LogP) is 1.24. The molecular formula is C24H29N5O6S. The number of imide groups is 1. The number of hydrogen-bond donors (Lipinski definition) is 6. The Labute approximate surface area is 209 Å². The first-order valence-electron chi connectivity index (χ1n) is 11.5. The molecular weight excluding hydrogens is 486 g/mol. The summed E-state index contributed by atoms with van der Waals surface area (Å²) < 4.78 is 25.2. The zero-order valence-corrected chi connectivity index (χ0v) is 20.5. The molecule has 4 rings (SSSR count). The third-order valence-electron chi connectivity index (χ3n) is 6.08. The summed E-state index contributed by atoms with van der Waals surface area (Å²) in [5.41, 5.74) is 2.61. The lowest BCUT2D eigenvalue weighted by Gasteiger charge is -2.34. The smallest absolute Gasteiger partial charge is 0.326 e. The van der Waals surface area contributed by atoms with E-state index in [1.54, 1.807) is 12.1 Å². The van der Waals surface area contributed by atoms with Crippen molar-refractivity contribution < 1.29 is 28.2 Å². The van der Waals surface area contributed by atoms with Crippen LogP contribution in [0.2, 0.25) is 0 Å². The zero-order chi connectivity index (χ0) is 25.9. The molecule has 11 nitrogen and oxygen atoms in total. The molecule has 0 radical (unpaired) electrons. The van der Waals surface area contributed by atoms with Crippen LogP contribution in [0.4, 0.5) is 16.2 Å². The second-order valence-electron chi connectivity index (χ2n) is 8.89. The number of anilines is 2. The Morgan fingerprint density at radius 3 is 2.42 bits per heavy atom. The van der Waals surface area contributed by atoms with Gasteiger partial charge in [-0.1, -0.05) is 18.2 Å². The van der Waals surface area contributed by atoms with E-state index < -0.39 is 28.1 Å². The molecule has 2 aliphatic rings. The molecule has 2 aromatic carbocycles. The molecule has 12 heteroatoms. The molecule has 2 aliphatic heterocycles. The maximum atomic E-state index is 11.7. The minimum Gasteiger partial charge on any atom is -0.506 e. The van der Waals surface area contributed by atoms with Crippen molar-refractivity contribution in [3.63, 3.8) is 0 Å². The maximum absolute atomic E-state index is 11.7. The fourth-order valence-electron chi connectivity index (χ4n) is 4.21. The molecule has 36 heavy (non-hydrogen) atoms. The number of piperidine rings is 1. The molecule has 0 aromatic heterocycles. The summed E-state index contributed by atoms with van der Waals surface area (Å²) in [4.78, 5) is 25.2. The second kappa shape index (κ2) is 10.6. The van der Waals surface area contributed by atoms with E-state index in [0.717, 1.165) is 43.4 Å². The lowest BCUT2D eigenvalue weighted by Crippen LogP contribution is -2.43. The van der Waals surface area contributed by atoms with Crippen LogP contribution < -0.4 is 25.6 Å². The van der Waals surface area contributed by atoms with Gasteiger partial charge in [-0.25, -0.2) is 13.2 Å². The molecule has 2 fully saturated rings. The minimum atomic E-state index is -3.56. The minimum absolute atomic E-state index is 0.0285. The summed E-state index contributed by atoms with van der Waals surface area (Å²) >= 11 is 0. The number of hydrogen-bond acceptors (Lipinski definition) is 8. The molecule has 6 N–H and O–H groups in total. The molecule has 1 unspecified atom stereocenters. The van der Waals surface area contributed by atoms with E-state index in [-0.39, 0.29) is 23.2 Å². The van der Waals surface area contributed by atoms with Crippen molar-refractivity contribution in [1.29, 1.82) is 0 Å². The Balaban J connectivity index is 1.27. The van der Waals surface area contributed by atoms with Crippen LogP contribution in [0.5, 0.6) is 5.75 Å². The van der Waals surface area contributed by atoms with Crippen molar-refractivity contribution in [3.05, 3.63) is 59.3 Å². The van der Waals surface area contributed by atoms with Crippen molar-refractivity contribution >= 4 is 39.4 Å². The number of aliphatic hydroxyl groups excluding tert-OH is 1. The molecule has 0 aliphatic carbocycles. The number of phenolic OH excluding ortho intramolecular Hbond substituents is 1. The standard InChI is InChI=1S/C24H29N5O6S/c1-36(34,35)28-19-13-16(4-7-21(19)30)22(31)14-25-17-8-10-29(11-9-17)18-5-2-15(3-6-18)12-20-23(32)27-24(33)26-20/h2-7,12-13,17,22,25,28,30-31H,8-11,14H2,1H3,(H2,26,27,32,33). The van der Waals surface area contributed by atoms with Gasteiger partial charge >= 0.3 is 6.03 Å². The number of aliphatic hydroxyl groups is 1. The SMILES string of the molecule is CS(=O)(=O)Nc1cc(C(O)CNC2CCN(c3ccc(C=C4NC(=O)NC4=O)cc3)CC2)ccc1O. The average molecular weight is 516 g/mol. The number of rotatable bonds is 8. The third-order valence-corrected chi connectivity index (χ3v) is 6.68. The Bertz CT molecular complexity index is 1270. The number of nitrogens with zero attached hydrogens (tertiary/aromatic N) is 1. The molecule has 3 amide bonds. The van der Waals surface area contributed by atoms with Crippen LogP contribution in [0.25, 0.3) is 6.08 Å². The number of phenols is 1. The Kier molecular flexibility index (Phi) is 7.48. The fraction of sp³-hybridized carbons (Fsp3) is 0.333. The van der Waals surface area contributed by atoms with Gasteiger partial charge in [0.15, 0.2) is 0 Å². The quantitative estimate of drug-likeness (QED) is 0.174. The van der Waals surface area contributed by atoms with Gasteiger partial charge in [0.1, 0.15) is 11.4 Å². The lowest BCUT2D eigenvalue weighted by molar-refractivity contribution is -0.115. The fourth-order valence-corrected chi connectivity index (χ4v) is 4.77. The molecule has 2 aromatic rings. The number of sulfonamides is 1. The summed E-state index contributed by atoms with van der Waals surface area (Å²) in [6.45, 7) is 1.95. The Hall–Kier alpha value is -3.61. The van der Waals surface area contributed by atoms with Crippen molar-refractivity contribution in [1.82, 2.24) is 16.0 Å². The van der Waals surface area contributed by atoms with E-state index in [1.165, 1.54) is 12.1 Å². The van der Waals surface area contributed by atoms with E-state index in [1.807, 2.05) is 24.3 Å². The first-order valence-corrected chi connectivity index (χ1v) is 13.4. The van der Waals surface area contributed by atoms with Crippen LogP contribution >= 0.6 is 0 Å². The number of carbonyl (C=O) groups is 2. The largest absolute Gasteiger partial charge is 0.506 e. The number of benzene rings is 2. The zero-order valence-electron chi connectivity index (χ0n) is 19.7. The van der Waals surface area contributed by atoms with E-state index in [4.69, 9.17) is 0 Å². The van der Waals surface area contributed by atoms with Crippen LogP contribution in [-0.4, -0.2) is 62.5 Å². The van der Waals surface area contributed by atoms with Gasteiger partial charge in [-0.05, 0) is 54.3 Å². The van der Waals surface area contributed by atoms with Crippen molar-refractivity contribution in [3.8, 4) is 5.75 Å². The summed E-state index contributed by atoms with van der Waals surface area (Å²) in [5, 5.41) is 28.5. The normalized spacial score (nSPS) is 18.7. The molecule has 192 valence electrons. The predicted molar refractivity (Wildman–Crippen MR) is 136 cm³/mol. The van der Waals surface area contributed by atoms with Crippen LogP contribution in [-0.2, 0) is 14.8 Å². The maximum Gasteiger partial charge on any atom is 0.326 e. The van der Waals surface area contributed by atoms with Crippen LogP contribution in [0.3, 0.4) is 0 Å². The third kappa shape index (κ3) is 6.53. The van der Waals surface area contributed by atoms with Gasteiger partial charge in [0.2, 0.25) is 10.0 Å². The molecule has 0 saturated carbocycles. The highest BCUT2D eigenvalue weighted by molar-refractivity contribution is 7.92. The Morgan fingerprint density at radius 2 is 1.81 bits per heavy atom. The highest BCUT2D eigenvalue weighted by Crippen LogP contribution is 2.28. The Morgan fingerprint density at radius 1 is 1.11 bits per heavy atom. The molecule has 0 bridgehead atoms. The van der Waals surface area contributed by atoms with Crippen molar-refractivity contribution in [2.24, 2.45) is 0 Å². The van der Waals surface area contributed by atoms with Gasteiger partial charge in [0, 0.05) is 31.4 Å². The number of nitrogens with one attached hydrogen (secondary N) is 4. The highest BCUT2D eigenvalue weighted by atomic mass is 32.2. The number of urea groups is 1. The van der Waals surface area contributed by atoms with Crippen LogP contribution in [0.1, 0.15) is 30.1 Å². The van der Waals surface area contributed by atoms with E-state index in [0.29, 0.717) is 12.1 Å². The molecule has 2 heterocycles. The van der Waals surface area contributed by atoms with E-state index >= 15 is 0 Å². The highest BCUT2D eigenvalue weighted by Gasteiger charge is 2.23. The molecule has 1 atom stereocenters. The van der Waals surface area contributed by atoms with Gasteiger partial charge in [0.05, 0.1) is 18.0 Å². The summed E-state index contributed by atoms with van der Waals surface area (Å²) in [7, 11) is -3.56. The summed E-state index contributed by atoms with van der Waals surface area (Å²) in [5.74, 6) is -0.655. The molecule has 2 saturated heterocycles. The first-order chi connectivity index (χ1) is 17.1.